The fraction of sp³-hybridized carbons (Fsp3) is 0.788. The van der Waals surface area contributed by atoms with Gasteiger partial charge < -0.3 is 25.1 Å². The van der Waals surface area contributed by atoms with Gasteiger partial charge in [-0.15, -0.1) is 6.42 Å². The molecule has 0 aromatic heterocycles. The lowest BCUT2D eigenvalue weighted by molar-refractivity contribution is -0.139. The van der Waals surface area contributed by atoms with Crippen molar-refractivity contribution in [1.29, 1.82) is 0 Å². The van der Waals surface area contributed by atoms with Gasteiger partial charge in [-0.05, 0) is 113 Å². The van der Waals surface area contributed by atoms with Crippen LogP contribution in [-0.2, 0) is 19.2 Å². The third-order valence-electron chi connectivity index (χ3n) is 11.8. The molecule has 5 rings (SSSR count). The number of oxime groups is 1. The Morgan fingerprint density at radius 3 is 2.61 bits per heavy atom. The molecule has 226 valence electrons. The molecular weight excluding hydrogens is 520 g/mol. The molecule has 1 heterocycles. The van der Waals surface area contributed by atoms with E-state index in [4.69, 9.17) is 16.0 Å². The standard InChI is InChI=1S/C33H48N2O6/c1-6-33(39)15-11-26-24-8-7-22-17-23(9-13-31(22,4)25(24)10-14-32(26,33)5)35-41-20-28(36)34-27(18-29(37)38)21-12-16-40-30(2,3)19-21/h1,17,21,24-27,39H,7-16,18-20H2,2-5H3,(H,34,36)(H,37,38)/b35-23-/t21-,24-,25+,26+,27+,31+,32+,33+/m1/s1. The molecule has 0 spiro atoms. The first-order valence-electron chi connectivity index (χ1n) is 15.6. The lowest BCUT2D eigenvalue weighted by Gasteiger charge is -2.58. The van der Waals surface area contributed by atoms with Gasteiger partial charge in [0.25, 0.3) is 5.91 Å². The van der Waals surface area contributed by atoms with Crippen LogP contribution in [0, 0.1) is 46.8 Å². The number of nitrogens with one attached hydrogen (secondary N) is 1. The number of amides is 1. The second-order valence-electron chi connectivity index (χ2n) is 14.5. The van der Waals surface area contributed by atoms with Gasteiger partial charge in [-0.3, -0.25) is 9.59 Å². The van der Waals surface area contributed by atoms with Crippen LogP contribution in [0.3, 0.4) is 0 Å². The normalized spacial score (nSPS) is 41.2. The summed E-state index contributed by atoms with van der Waals surface area (Å²) in [4.78, 5) is 29.7. The van der Waals surface area contributed by atoms with Crippen LogP contribution >= 0.6 is 0 Å². The Labute approximate surface area is 244 Å². The number of nitrogens with zero attached hydrogens (tertiary/aromatic N) is 1. The molecule has 8 nitrogen and oxygen atoms in total. The van der Waals surface area contributed by atoms with Crippen molar-refractivity contribution >= 4 is 17.6 Å². The van der Waals surface area contributed by atoms with E-state index in [1.807, 2.05) is 13.8 Å². The highest BCUT2D eigenvalue weighted by molar-refractivity contribution is 5.96. The van der Waals surface area contributed by atoms with Crippen molar-refractivity contribution in [2.45, 2.75) is 116 Å². The molecule has 5 aliphatic rings. The number of aliphatic hydroxyl groups is 1. The molecule has 1 saturated heterocycles. The maximum atomic E-state index is 12.7. The summed E-state index contributed by atoms with van der Waals surface area (Å²) in [6.45, 7) is 8.93. The predicted octanol–water partition coefficient (Wildman–Crippen LogP) is 4.85. The molecule has 3 saturated carbocycles. The van der Waals surface area contributed by atoms with Crippen LogP contribution in [0.5, 0.6) is 0 Å². The number of carbonyl (C=O) groups is 2. The van der Waals surface area contributed by atoms with Crippen molar-refractivity contribution in [2.75, 3.05) is 13.2 Å². The zero-order valence-electron chi connectivity index (χ0n) is 25.2. The summed E-state index contributed by atoms with van der Waals surface area (Å²) < 4.78 is 5.77. The number of fused-ring (bicyclic) bond motifs is 5. The Kier molecular flexibility index (Phi) is 8.10. The summed E-state index contributed by atoms with van der Waals surface area (Å²) in [7, 11) is 0. The minimum Gasteiger partial charge on any atom is -0.481 e. The average molecular weight is 569 g/mol. The molecule has 0 aromatic rings. The Balaban J connectivity index is 1.19. The van der Waals surface area contributed by atoms with Crippen LogP contribution in [0.15, 0.2) is 16.8 Å². The van der Waals surface area contributed by atoms with E-state index in [0.717, 1.165) is 50.7 Å². The minimum atomic E-state index is -0.981. The first-order chi connectivity index (χ1) is 19.3. The zero-order chi connectivity index (χ0) is 29.6. The highest BCUT2D eigenvalue weighted by Gasteiger charge is 2.63. The number of carbonyl (C=O) groups excluding carboxylic acids is 1. The molecule has 41 heavy (non-hydrogen) atoms. The Morgan fingerprint density at radius 1 is 1.15 bits per heavy atom. The summed E-state index contributed by atoms with van der Waals surface area (Å²) in [5, 5.41) is 27.9. The number of rotatable bonds is 7. The Hall–Kier alpha value is -2.37. The molecule has 3 N–H and O–H groups in total. The van der Waals surface area contributed by atoms with Gasteiger partial charge in [-0.25, -0.2) is 0 Å². The second-order valence-corrected chi connectivity index (χ2v) is 14.5. The largest absolute Gasteiger partial charge is 0.481 e. The van der Waals surface area contributed by atoms with Crippen molar-refractivity contribution in [3.63, 3.8) is 0 Å². The van der Waals surface area contributed by atoms with Gasteiger partial charge in [0.15, 0.2) is 6.61 Å². The third kappa shape index (κ3) is 5.57. The first kappa shape index (κ1) is 30.1. The number of terminal acetylenes is 1. The highest BCUT2D eigenvalue weighted by atomic mass is 16.6. The van der Waals surface area contributed by atoms with Crippen molar-refractivity contribution in [3.05, 3.63) is 11.6 Å². The van der Waals surface area contributed by atoms with E-state index in [-0.39, 0.29) is 41.3 Å². The number of hydrogen-bond donors (Lipinski definition) is 3. The van der Waals surface area contributed by atoms with E-state index in [1.165, 1.54) is 5.57 Å². The van der Waals surface area contributed by atoms with Gasteiger partial charge in [0.1, 0.15) is 5.60 Å². The Morgan fingerprint density at radius 2 is 1.90 bits per heavy atom. The minimum absolute atomic E-state index is 0.0308. The van der Waals surface area contributed by atoms with E-state index < -0.39 is 17.6 Å². The fourth-order valence-corrected chi connectivity index (χ4v) is 9.46. The molecule has 1 amide bonds. The SMILES string of the molecule is C#C[C@]1(O)CC[C@H]2[C@@H]3CCC4=C/C(=N\OCC(=O)N[C@@H](CC(=O)O)[C@@H]5CCOC(C)(C)C5)CC[C@]4(C)[C@H]3CC[C@@]21C. The van der Waals surface area contributed by atoms with Crippen molar-refractivity contribution < 1.29 is 29.4 Å². The van der Waals surface area contributed by atoms with Crippen LogP contribution in [-0.4, -0.2) is 58.3 Å². The van der Waals surface area contributed by atoms with Gasteiger partial charge in [-0.2, -0.15) is 0 Å². The number of carboxylic acids is 1. The molecule has 0 bridgehead atoms. The average Bonchev–Trinajstić information content (AvgIpc) is 3.18. The molecule has 0 radical (unpaired) electrons. The van der Waals surface area contributed by atoms with E-state index in [9.17, 15) is 19.8 Å². The molecule has 4 fully saturated rings. The fourth-order valence-electron chi connectivity index (χ4n) is 9.46. The molecular formula is C33H48N2O6. The predicted molar refractivity (Wildman–Crippen MR) is 156 cm³/mol. The smallest absolute Gasteiger partial charge is 0.305 e. The first-order valence-corrected chi connectivity index (χ1v) is 15.6. The maximum Gasteiger partial charge on any atom is 0.305 e. The summed E-state index contributed by atoms with van der Waals surface area (Å²) in [6.07, 6.45) is 17.0. The van der Waals surface area contributed by atoms with Crippen LogP contribution < -0.4 is 5.32 Å². The van der Waals surface area contributed by atoms with E-state index in [0.29, 0.717) is 43.6 Å². The maximum absolute atomic E-state index is 12.7. The summed E-state index contributed by atoms with van der Waals surface area (Å²) in [6, 6.07) is -0.471. The lowest BCUT2D eigenvalue weighted by atomic mass is 9.46. The van der Waals surface area contributed by atoms with E-state index in [2.05, 4.69) is 36.3 Å². The topological polar surface area (TPSA) is 117 Å². The molecule has 8 atom stereocenters. The van der Waals surface area contributed by atoms with Gasteiger partial charge in [0.2, 0.25) is 0 Å². The van der Waals surface area contributed by atoms with Gasteiger partial charge in [0, 0.05) is 18.1 Å². The van der Waals surface area contributed by atoms with Crippen molar-refractivity contribution in [1.82, 2.24) is 5.32 Å². The molecule has 1 aliphatic heterocycles. The van der Waals surface area contributed by atoms with Gasteiger partial charge in [0.05, 0.1) is 17.7 Å². The zero-order valence-corrected chi connectivity index (χ0v) is 25.2. The van der Waals surface area contributed by atoms with Gasteiger partial charge in [-0.1, -0.05) is 30.5 Å². The van der Waals surface area contributed by atoms with Crippen LogP contribution in [0.25, 0.3) is 0 Å². The van der Waals surface area contributed by atoms with Crippen LogP contribution in [0.1, 0.15) is 98.3 Å². The number of allylic oxidation sites excluding steroid dienone is 2. The number of hydrogen-bond acceptors (Lipinski definition) is 6. The van der Waals surface area contributed by atoms with Crippen molar-refractivity contribution in [2.24, 2.45) is 39.7 Å². The summed E-state index contributed by atoms with van der Waals surface area (Å²) in [5.74, 6) is 3.14. The van der Waals surface area contributed by atoms with Gasteiger partial charge >= 0.3 is 5.97 Å². The highest BCUT2D eigenvalue weighted by Crippen LogP contribution is 2.67. The molecule has 0 aromatic carbocycles. The van der Waals surface area contributed by atoms with Crippen LogP contribution in [0.2, 0.25) is 0 Å². The number of ether oxygens (including phenoxy) is 1. The Bertz CT molecular complexity index is 1150. The number of carboxylic acid groups (broad SMARTS) is 1. The quantitative estimate of drug-likeness (QED) is 0.299. The van der Waals surface area contributed by atoms with E-state index >= 15 is 0 Å². The van der Waals surface area contributed by atoms with Crippen molar-refractivity contribution in [3.8, 4) is 12.3 Å². The summed E-state index contributed by atoms with van der Waals surface area (Å²) in [5.41, 5.74) is 0.883. The summed E-state index contributed by atoms with van der Waals surface area (Å²) >= 11 is 0. The monoisotopic (exact) mass is 568 g/mol. The van der Waals surface area contributed by atoms with E-state index in [1.54, 1.807) is 0 Å². The molecule has 4 aliphatic carbocycles. The number of aliphatic carboxylic acids is 1. The molecule has 0 unspecified atom stereocenters. The lowest BCUT2D eigenvalue weighted by Crippen LogP contribution is -2.54. The second kappa shape index (κ2) is 11.0. The third-order valence-corrected chi connectivity index (χ3v) is 11.8. The molecule has 8 heteroatoms. The van der Waals surface area contributed by atoms with Crippen LogP contribution in [0.4, 0.5) is 0 Å².